The largest absolute Gasteiger partial charge is 0.469 e. The van der Waals surface area contributed by atoms with Gasteiger partial charge >= 0.3 is 0 Å². The predicted molar refractivity (Wildman–Crippen MR) is 73.5 cm³/mol. The maximum absolute atomic E-state index is 5.34. The van der Waals surface area contributed by atoms with Crippen LogP contribution in [-0.2, 0) is 6.42 Å². The van der Waals surface area contributed by atoms with Crippen LogP contribution in [0.4, 0.5) is 0 Å². The normalized spacial score (nSPS) is 21.6. The van der Waals surface area contributed by atoms with E-state index in [1.165, 1.54) is 0 Å². The van der Waals surface area contributed by atoms with E-state index in [0.29, 0.717) is 17.2 Å². The summed E-state index contributed by atoms with van der Waals surface area (Å²) in [5, 5.41) is 5.17. The molecule has 1 aromatic heterocycles. The number of amidine groups is 1. The quantitative estimate of drug-likeness (QED) is 0.895. The van der Waals surface area contributed by atoms with E-state index >= 15 is 0 Å². The van der Waals surface area contributed by atoms with Gasteiger partial charge in [0.15, 0.2) is 5.17 Å². The van der Waals surface area contributed by atoms with Crippen LogP contribution in [0, 0.1) is 5.92 Å². The topological polar surface area (TPSA) is 37.5 Å². The third-order valence-corrected chi connectivity index (χ3v) is 4.35. The number of aliphatic imine (C=N–C) groups is 1. The van der Waals surface area contributed by atoms with Crippen molar-refractivity contribution in [1.29, 1.82) is 0 Å². The van der Waals surface area contributed by atoms with Crippen molar-refractivity contribution in [1.82, 2.24) is 5.32 Å². The molecule has 1 N–H and O–H groups in total. The Morgan fingerprint density at radius 1 is 1.53 bits per heavy atom. The van der Waals surface area contributed by atoms with Crippen LogP contribution in [-0.4, -0.2) is 23.0 Å². The highest BCUT2D eigenvalue weighted by atomic mass is 32.2. The summed E-state index contributed by atoms with van der Waals surface area (Å²) >= 11 is 1.87. The molecule has 1 aliphatic heterocycles. The fourth-order valence-electron chi connectivity index (χ4n) is 1.81. The molecule has 2 unspecified atom stereocenters. The molecular weight excluding hydrogens is 232 g/mol. The molecule has 0 aliphatic carbocycles. The minimum Gasteiger partial charge on any atom is -0.469 e. The lowest BCUT2D eigenvalue weighted by molar-refractivity contribution is 0.482. The Labute approximate surface area is 107 Å². The van der Waals surface area contributed by atoms with Crippen LogP contribution in [0.3, 0.4) is 0 Å². The van der Waals surface area contributed by atoms with Gasteiger partial charge in [-0.25, -0.2) is 0 Å². The van der Waals surface area contributed by atoms with Crippen LogP contribution < -0.4 is 5.32 Å². The summed E-state index contributed by atoms with van der Waals surface area (Å²) in [5.41, 5.74) is 0. The van der Waals surface area contributed by atoms with Crippen LogP contribution in [0.1, 0.15) is 26.5 Å². The first-order valence-corrected chi connectivity index (χ1v) is 7.03. The molecule has 0 spiro atoms. The smallest absolute Gasteiger partial charge is 0.157 e. The van der Waals surface area contributed by atoms with Crippen molar-refractivity contribution < 1.29 is 4.42 Å². The Bertz CT molecular complexity index is 373. The van der Waals surface area contributed by atoms with Gasteiger partial charge in [0.25, 0.3) is 0 Å². The molecule has 0 saturated carbocycles. The molecule has 0 radical (unpaired) electrons. The van der Waals surface area contributed by atoms with Gasteiger partial charge in [-0.1, -0.05) is 25.6 Å². The number of hydrogen-bond donors (Lipinski definition) is 1. The summed E-state index contributed by atoms with van der Waals surface area (Å²) in [6.07, 6.45) is 2.62. The maximum Gasteiger partial charge on any atom is 0.157 e. The van der Waals surface area contributed by atoms with E-state index in [2.05, 4.69) is 31.1 Å². The van der Waals surface area contributed by atoms with Crippen molar-refractivity contribution in [3.05, 3.63) is 24.2 Å². The highest BCUT2D eigenvalue weighted by molar-refractivity contribution is 8.14. The second-order valence-electron chi connectivity index (χ2n) is 4.88. The summed E-state index contributed by atoms with van der Waals surface area (Å²) < 4.78 is 5.34. The standard InChI is InChI=1S/C13H20N2OS/c1-9(2)12-8-14-13(17-12)15-10(3)7-11-5-4-6-16-11/h4-6,9-10,12H,7-8H2,1-3H3,(H,14,15). The molecule has 0 amide bonds. The summed E-state index contributed by atoms with van der Waals surface area (Å²) in [6.45, 7) is 7.61. The Morgan fingerprint density at radius 3 is 2.94 bits per heavy atom. The van der Waals surface area contributed by atoms with Gasteiger partial charge in [-0.05, 0) is 25.0 Å². The lowest BCUT2D eigenvalue weighted by Crippen LogP contribution is -2.31. The molecule has 0 bridgehead atoms. The van der Waals surface area contributed by atoms with Crippen molar-refractivity contribution in [2.75, 3.05) is 6.54 Å². The van der Waals surface area contributed by atoms with Crippen LogP contribution >= 0.6 is 11.8 Å². The molecule has 0 saturated heterocycles. The van der Waals surface area contributed by atoms with Gasteiger partial charge in [-0.3, -0.25) is 4.99 Å². The zero-order valence-electron chi connectivity index (χ0n) is 10.6. The Morgan fingerprint density at radius 2 is 2.35 bits per heavy atom. The number of hydrogen-bond acceptors (Lipinski definition) is 4. The van der Waals surface area contributed by atoms with Crippen molar-refractivity contribution >= 4 is 16.9 Å². The lowest BCUT2D eigenvalue weighted by Gasteiger charge is -2.15. The molecule has 94 valence electrons. The molecule has 2 atom stereocenters. The fourth-order valence-corrected chi connectivity index (χ4v) is 2.94. The van der Waals surface area contributed by atoms with E-state index in [9.17, 15) is 0 Å². The van der Waals surface area contributed by atoms with E-state index in [1.54, 1.807) is 6.26 Å². The second-order valence-corrected chi connectivity index (χ2v) is 6.10. The van der Waals surface area contributed by atoms with Gasteiger partial charge in [0.1, 0.15) is 5.76 Å². The molecular formula is C13H20N2OS. The van der Waals surface area contributed by atoms with Gasteiger partial charge in [0, 0.05) is 17.7 Å². The molecule has 2 rings (SSSR count). The molecule has 4 heteroatoms. The highest BCUT2D eigenvalue weighted by Crippen LogP contribution is 2.26. The summed E-state index contributed by atoms with van der Waals surface area (Å²) in [6, 6.07) is 4.30. The molecule has 3 nitrogen and oxygen atoms in total. The van der Waals surface area contributed by atoms with Gasteiger partial charge in [-0.2, -0.15) is 0 Å². The molecule has 0 aromatic carbocycles. The van der Waals surface area contributed by atoms with Gasteiger partial charge in [0.05, 0.1) is 12.8 Å². The Kier molecular flexibility index (Phi) is 4.15. The van der Waals surface area contributed by atoms with E-state index in [4.69, 9.17) is 4.42 Å². The summed E-state index contributed by atoms with van der Waals surface area (Å²) in [5.74, 6) is 1.71. The monoisotopic (exact) mass is 252 g/mol. The number of thioether (sulfide) groups is 1. The first-order chi connectivity index (χ1) is 8.15. The van der Waals surface area contributed by atoms with E-state index in [-0.39, 0.29) is 0 Å². The first kappa shape index (κ1) is 12.6. The number of nitrogens with zero attached hydrogens (tertiary/aromatic N) is 1. The van der Waals surface area contributed by atoms with Crippen LogP contribution in [0.15, 0.2) is 27.8 Å². The van der Waals surface area contributed by atoms with Gasteiger partial charge in [-0.15, -0.1) is 0 Å². The van der Waals surface area contributed by atoms with Crippen molar-refractivity contribution in [3.63, 3.8) is 0 Å². The van der Waals surface area contributed by atoms with Crippen molar-refractivity contribution in [2.45, 2.75) is 38.5 Å². The van der Waals surface area contributed by atoms with Crippen LogP contribution in [0.5, 0.6) is 0 Å². The van der Waals surface area contributed by atoms with Crippen LogP contribution in [0.25, 0.3) is 0 Å². The number of rotatable bonds is 4. The average Bonchev–Trinajstić information content (AvgIpc) is 2.88. The van der Waals surface area contributed by atoms with Crippen molar-refractivity contribution in [2.24, 2.45) is 10.9 Å². The second kappa shape index (κ2) is 5.63. The molecule has 17 heavy (non-hydrogen) atoms. The zero-order chi connectivity index (χ0) is 12.3. The van der Waals surface area contributed by atoms with Crippen molar-refractivity contribution in [3.8, 4) is 0 Å². The summed E-state index contributed by atoms with van der Waals surface area (Å²) in [4.78, 5) is 4.55. The average molecular weight is 252 g/mol. The predicted octanol–water partition coefficient (Wildman–Crippen LogP) is 2.93. The fraction of sp³-hybridized carbons (Fsp3) is 0.615. The number of nitrogens with one attached hydrogen (secondary N) is 1. The van der Waals surface area contributed by atoms with Gasteiger partial charge < -0.3 is 9.73 Å². The number of furan rings is 1. The Hall–Kier alpha value is -0.900. The molecule has 2 heterocycles. The van der Waals surface area contributed by atoms with E-state index in [0.717, 1.165) is 23.9 Å². The maximum atomic E-state index is 5.34. The highest BCUT2D eigenvalue weighted by Gasteiger charge is 2.23. The Balaban J connectivity index is 1.78. The SMILES string of the molecule is CC(Cc1ccco1)NC1=NCC(C(C)C)S1. The molecule has 1 aliphatic rings. The summed E-state index contributed by atoms with van der Waals surface area (Å²) in [7, 11) is 0. The zero-order valence-corrected chi connectivity index (χ0v) is 11.5. The third kappa shape index (κ3) is 3.53. The van der Waals surface area contributed by atoms with Crippen LogP contribution in [0.2, 0.25) is 0 Å². The molecule has 1 aromatic rings. The first-order valence-electron chi connectivity index (χ1n) is 6.15. The molecule has 0 fully saturated rings. The minimum absolute atomic E-state index is 0.360. The lowest BCUT2D eigenvalue weighted by atomic mass is 10.1. The third-order valence-electron chi connectivity index (χ3n) is 2.88. The van der Waals surface area contributed by atoms with Gasteiger partial charge in [0.2, 0.25) is 0 Å². The van der Waals surface area contributed by atoms with E-state index in [1.807, 2.05) is 23.9 Å². The van der Waals surface area contributed by atoms with E-state index < -0.39 is 0 Å². The minimum atomic E-state index is 0.360.